The van der Waals surface area contributed by atoms with Crippen molar-refractivity contribution in [2.24, 2.45) is 7.05 Å². The Bertz CT molecular complexity index is 545. The molecule has 0 aliphatic heterocycles. The lowest BCUT2D eigenvalue weighted by Gasteiger charge is -2.25. The Hall–Kier alpha value is -0.920. The van der Waals surface area contributed by atoms with Gasteiger partial charge in [-0.1, -0.05) is 13.8 Å². The van der Waals surface area contributed by atoms with Crippen molar-refractivity contribution in [3.63, 3.8) is 0 Å². The topological polar surface area (TPSA) is 84.2 Å². The molecule has 0 unspecified atom stereocenters. The highest BCUT2D eigenvalue weighted by Gasteiger charge is 2.28. The van der Waals surface area contributed by atoms with Crippen LogP contribution >= 0.6 is 0 Å². The van der Waals surface area contributed by atoms with Crippen LogP contribution in [-0.2, 0) is 17.1 Å². The summed E-state index contributed by atoms with van der Waals surface area (Å²) >= 11 is 0. The summed E-state index contributed by atoms with van der Waals surface area (Å²) in [6.07, 6.45) is 0.994. The monoisotopic (exact) mass is 289 g/mol. The molecule has 0 aliphatic carbocycles. The Morgan fingerprint density at radius 2 is 1.84 bits per heavy atom. The maximum absolute atomic E-state index is 12.3. The van der Waals surface area contributed by atoms with Gasteiger partial charge in [-0.3, -0.25) is 4.68 Å². The van der Waals surface area contributed by atoms with Crippen molar-refractivity contribution in [1.82, 2.24) is 14.5 Å². The van der Waals surface area contributed by atoms with E-state index in [1.54, 1.807) is 20.9 Å². The number of aryl methyl sites for hydroxylation is 2. The van der Waals surface area contributed by atoms with Crippen LogP contribution in [0.15, 0.2) is 4.90 Å². The number of aromatic nitrogens is 2. The number of sulfonamides is 1. The van der Waals surface area contributed by atoms with Gasteiger partial charge in [-0.2, -0.15) is 5.10 Å². The molecule has 1 aromatic heterocycles. The zero-order valence-corrected chi connectivity index (χ0v) is 13.0. The predicted molar refractivity (Wildman–Crippen MR) is 73.4 cm³/mol. The van der Waals surface area contributed by atoms with Gasteiger partial charge in [0.15, 0.2) is 0 Å². The molecule has 0 amide bonds. The van der Waals surface area contributed by atoms with Crippen LogP contribution in [0.4, 0.5) is 0 Å². The molecule has 0 fully saturated rings. The van der Waals surface area contributed by atoms with Crippen molar-refractivity contribution in [1.29, 1.82) is 0 Å². The highest BCUT2D eigenvalue weighted by molar-refractivity contribution is 7.89. The molecule has 6 nitrogen and oxygen atoms in total. The molecule has 110 valence electrons. The summed E-state index contributed by atoms with van der Waals surface area (Å²) < 4.78 is 28.6. The van der Waals surface area contributed by atoms with Gasteiger partial charge in [-0.15, -0.1) is 0 Å². The number of rotatable bonds is 6. The van der Waals surface area contributed by atoms with E-state index in [0.29, 0.717) is 24.2 Å². The van der Waals surface area contributed by atoms with E-state index < -0.39 is 15.6 Å². The van der Waals surface area contributed by atoms with Gasteiger partial charge in [0, 0.05) is 13.6 Å². The Kier molecular flexibility index (Phi) is 4.76. The van der Waals surface area contributed by atoms with Gasteiger partial charge in [-0.05, 0) is 26.7 Å². The number of hydrogen-bond acceptors (Lipinski definition) is 4. The second kappa shape index (κ2) is 5.60. The standard InChI is InChI=1S/C12H23N3O3S/c1-6-12(16,7-2)8-13-19(17,18)11-9(3)14-15(5)10(11)4/h13,16H,6-8H2,1-5H3. The molecule has 1 heterocycles. The quantitative estimate of drug-likeness (QED) is 0.813. The molecule has 0 saturated heterocycles. The lowest BCUT2D eigenvalue weighted by atomic mass is 9.98. The van der Waals surface area contributed by atoms with E-state index in [9.17, 15) is 13.5 Å². The van der Waals surface area contributed by atoms with Gasteiger partial charge in [-0.25, -0.2) is 13.1 Å². The fraction of sp³-hybridized carbons (Fsp3) is 0.750. The van der Waals surface area contributed by atoms with Crippen molar-refractivity contribution in [2.45, 2.75) is 51.0 Å². The fourth-order valence-electron chi connectivity index (χ4n) is 1.94. The van der Waals surface area contributed by atoms with E-state index >= 15 is 0 Å². The molecule has 1 aromatic rings. The first-order valence-electron chi connectivity index (χ1n) is 6.39. The lowest BCUT2D eigenvalue weighted by molar-refractivity contribution is 0.0377. The summed E-state index contributed by atoms with van der Waals surface area (Å²) in [7, 11) is -1.94. The van der Waals surface area contributed by atoms with Crippen molar-refractivity contribution in [3.05, 3.63) is 11.4 Å². The third-order valence-electron chi connectivity index (χ3n) is 3.62. The maximum atomic E-state index is 12.3. The van der Waals surface area contributed by atoms with Crippen molar-refractivity contribution in [2.75, 3.05) is 6.54 Å². The van der Waals surface area contributed by atoms with Crippen LogP contribution in [0, 0.1) is 13.8 Å². The largest absolute Gasteiger partial charge is 0.389 e. The molecule has 0 aliphatic rings. The second-order valence-corrected chi connectivity index (χ2v) is 6.58. The number of nitrogens with one attached hydrogen (secondary N) is 1. The Morgan fingerprint density at radius 1 is 1.32 bits per heavy atom. The SMILES string of the molecule is CCC(O)(CC)CNS(=O)(=O)c1c(C)nn(C)c1C. The summed E-state index contributed by atoms with van der Waals surface area (Å²) in [5.74, 6) is 0. The molecular formula is C12H23N3O3S. The molecular weight excluding hydrogens is 266 g/mol. The molecule has 0 spiro atoms. The first-order chi connectivity index (χ1) is 8.67. The van der Waals surface area contributed by atoms with Crippen LogP contribution in [0.5, 0.6) is 0 Å². The van der Waals surface area contributed by atoms with E-state index in [1.165, 1.54) is 4.68 Å². The van der Waals surface area contributed by atoms with E-state index in [2.05, 4.69) is 9.82 Å². The van der Waals surface area contributed by atoms with Crippen LogP contribution < -0.4 is 4.72 Å². The summed E-state index contributed by atoms with van der Waals surface area (Å²) in [4.78, 5) is 0.199. The van der Waals surface area contributed by atoms with Crippen molar-refractivity contribution < 1.29 is 13.5 Å². The molecule has 19 heavy (non-hydrogen) atoms. The normalized spacial score (nSPS) is 12.9. The molecule has 2 N–H and O–H groups in total. The maximum Gasteiger partial charge on any atom is 0.244 e. The first kappa shape index (κ1) is 16.1. The lowest BCUT2D eigenvalue weighted by Crippen LogP contribution is -2.42. The van der Waals surface area contributed by atoms with Gasteiger partial charge < -0.3 is 5.11 Å². The minimum Gasteiger partial charge on any atom is -0.389 e. The Labute approximate surface area is 114 Å². The summed E-state index contributed by atoms with van der Waals surface area (Å²) in [6, 6.07) is 0. The van der Waals surface area contributed by atoms with Crippen LogP contribution in [-0.4, -0.2) is 35.5 Å². The summed E-state index contributed by atoms with van der Waals surface area (Å²) in [5, 5.41) is 14.2. The second-order valence-electron chi connectivity index (χ2n) is 4.88. The fourth-order valence-corrected chi connectivity index (χ4v) is 3.50. The molecule has 0 radical (unpaired) electrons. The smallest absolute Gasteiger partial charge is 0.244 e. The minimum atomic E-state index is -3.65. The average molecular weight is 289 g/mol. The van der Waals surface area contributed by atoms with Gasteiger partial charge in [0.05, 0.1) is 17.0 Å². The van der Waals surface area contributed by atoms with Crippen LogP contribution in [0.2, 0.25) is 0 Å². The van der Waals surface area contributed by atoms with Gasteiger partial charge in [0.1, 0.15) is 4.90 Å². The number of hydrogen-bond donors (Lipinski definition) is 2. The zero-order chi connectivity index (χ0) is 14.8. The zero-order valence-electron chi connectivity index (χ0n) is 12.2. The first-order valence-corrected chi connectivity index (χ1v) is 7.87. The van der Waals surface area contributed by atoms with Gasteiger partial charge >= 0.3 is 0 Å². The Morgan fingerprint density at radius 3 is 2.21 bits per heavy atom. The van der Waals surface area contributed by atoms with E-state index in [0.717, 1.165) is 0 Å². The van der Waals surface area contributed by atoms with Crippen LogP contribution in [0.25, 0.3) is 0 Å². The summed E-state index contributed by atoms with van der Waals surface area (Å²) in [6.45, 7) is 7.04. The number of nitrogens with zero attached hydrogens (tertiary/aromatic N) is 2. The predicted octanol–water partition coefficient (Wildman–Crippen LogP) is 0.866. The third-order valence-corrected chi connectivity index (χ3v) is 5.27. The highest BCUT2D eigenvalue weighted by Crippen LogP contribution is 2.20. The summed E-state index contributed by atoms with van der Waals surface area (Å²) in [5.41, 5.74) is 0.0439. The van der Waals surface area contributed by atoms with Crippen molar-refractivity contribution >= 4 is 10.0 Å². The molecule has 7 heteroatoms. The molecule has 0 bridgehead atoms. The Balaban J connectivity index is 3.00. The highest BCUT2D eigenvalue weighted by atomic mass is 32.2. The molecule has 0 aromatic carbocycles. The van der Waals surface area contributed by atoms with Crippen molar-refractivity contribution in [3.8, 4) is 0 Å². The van der Waals surface area contributed by atoms with Gasteiger partial charge in [0.2, 0.25) is 10.0 Å². The van der Waals surface area contributed by atoms with Gasteiger partial charge in [0.25, 0.3) is 0 Å². The van der Waals surface area contributed by atoms with E-state index in [4.69, 9.17) is 0 Å². The number of aliphatic hydroxyl groups is 1. The third kappa shape index (κ3) is 3.34. The van der Waals surface area contributed by atoms with E-state index in [1.807, 2.05) is 13.8 Å². The minimum absolute atomic E-state index is 0.0100. The van der Waals surface area contributed by atoms with E-state index in [-0.39, 0.29) is 11.4 Å². The average Bonchev–Trinajstić information content (AvgIpc) is 2.61. The molecule has 1 rings (SSSR count). The van der Waals surface area contributed by atoms with Crippen LogP contribution in [0.3, 0.4) is 0 Å². The molecule has 0 saturated carbocycles. The molecule has 0 atom stereocenters. The van der Waals surface area contributed by atoms with Crippen LogP contribution in [0.1, 0.15) is 38.1 Å².